The number of anilines is 2. The lowest BCUT2D eigenvalue weighted by Gasteiger charge is -2.19. The molecule has 6 heteroatoms. The molecule has 0 bridgehead atoms. The molecule has 0 fully saturated rings. The van der Waals surface area contributed by atoms with Crippen molar-refractivity contribution in [1.82, 2.24) is 0 Å². The molecule has 0 atom stereocenters. The lowest BCUT2D eigenvalue weighted by atomic mass is 10.0. The zero-order chi connectivity index (χ0) is 14.9. The third-order valence-electron chi connectivity index (χ3n) is 3.04. The van der Waals surface area contributed by atoms with E-state index < -0.39 is 15.8 Å². The Balaban J connectivity index is 2.55. The first-order valence-electron chi connectivity index (χ1n) is 5.89. The van der Waals surface area contributed by atoms with Crippen molar-refractivity contribution in [2.24, 2.45) is 0 Å². The van der Waals surface area contributed by atoms with Gasteiger partial charge in [-0.25, -0.2) is 12.8 Å². The second kappa shape index (κ2) is 5.13. The van der Waals surface area contributed by atoms with Crippen LogP contribution in [0.15, 0.2) is 42.5 Å². The zero-order valence-electron chi connectivity index (χ0n) is 11.2. The Bertz CT molecular complexity index is 730. The number of benzene rings is 2. The van der Waals surface area contributed by atoms with E-state index >= 15 is 0 Å². The number of nitrogen functional groups attached to an aromatic ring is 1. The predicted octanol–water partition coefficient (Wildman–Crippen LogP) is 2.47. The van der Waals surface area contributed by atoms with Gasteiger partial charge in [-0.15, -0.1) is 0 Å². The van der Waals surface area contributed by atoms with Gasteiger partial charge < -0.3 is 5.73 Å². The molecule has 0 spiro atoms. The van der Waals surface area contributed by atoms with Gasteiger partial charge in [-0.1, -0.05) is 30.3 Å². The van der Waals surface area contributed by atoms with Crippen LogP contribution < -0.4 is 10.0 Å². The topological polar surface area (TPSA) is 63.4 Å². The number of halogens is 1. The van der Waals surface area contributed by atoms with Gasteiger partial charge in [0.25, 0.3) is 0 Å². The minimum absolute atomic E-state index is 0.129. The molecule has 2 aromatic carbocycles. The number of hydrogen-bond donors (Lipinski definition) is 1. The van der Waals surface area contributed by atoms with Gasteiger partial charge in [0.1, 0.15) is 5.82 Å². The summed E-state index contributed by atoms with van der Waals surface area (Å²) in [6, 6.07) is 11.5. The number of hydrogen-bond acceptors (Lipinski definition) is 3. The molecule has 0 aromatic heterocycles. The molecule has 0 saturated heterocycles. The smallest absolute Gasteiger partial charge is 0.232 e. The zero-order valence-corrected chi connectivity index (χ0v) is 12.0. The summed E-state index contributed by atoms with van der Waals surface area (Å²) in [5, 5.41) is 0. The lowest BCUT2D eigenvalue weighted by Crippen LogP contribution is -2.25. The van der Waals surface area contributed by atoms with Crippen molar-refractivity contribution in [3.8, 4) is 11.1 Å². The van der Waals surface area contributed by atoms with Crippen LogP contribution >= 0.6 is 0 Å². The Labute approximate surface area is 117 Å². The maximum absolute atomic E-state index is 14.2. The van der Waals surface area contributed by atoms with Gasteiger partial charge in [-0.3, -0.25) is 4.31 Å². The summed E-state index contributed by atoms with van der Waals surface area (Å²) >= 11 is 0. The summed E-state index contributed by atoms with van der Waals surface area (Å²) < 4.78 is 38.1. The van der Waals surface area contributed by atoms with Crippen LogP contribution in [-0.4, -0.2) is 21.7 Å². The molecule has 0 heterocycles. The highest BCUT2D eigenvalue weighted by molar-refractivity contribution is 7.92. The van der Waals surface area contributed by atoms with Crippen LogP contribution in [0.3, 0.4) is 0 Å². The van der Waals surface area contributed by atoms with E-state index in [1.54, 1.807) is 24.3 Å². The van der Waals surface area contributed by atoms with Crippen molar-refractivity contribution in [1.29, 1.82) is 0 Å². The second-order valence-electron chi connectivity index (χ2n) is 4.49. The standard InChI is InChI=1S/C14H15FN2O2S/c1-17(20(2,18)19)14-9-12(15)11(8-13(14)16)10-6-4-3-5-7-10/h3-9H,16H2,1-2H3. The van der Waals surface area contributed by atoms with E-state index in [0.717, 1.165) is 16.6 Å². The first-order chi connectivity index (χ1) is 9.30. The number of rotatable bonds is 3. The molecule has 4 nitrogen and oxygen atoms in total. The van der Waals surface area contributed by atoms with E-state index in [1.165, 1.54) is 13.1 Å². The average molecular weight is 294 g/mol. The quantitative estimate of drug-likeness (QED) is 0.885. The van der Waals surface area contributed by atoms with E-state index in [1.807, 2.05) is 6.07 Å². The molecule has 0 unspecified atom stereocenters. The Morgan fingerprint density at radius 1 is 1.15 bits per heavy atom. The molecule has 0 aliphatic rings. The summed E-state index contributed by atoms with van der Waals surface area (Å²) in [7, 11) is -2.15. The van der Waals surface area contributed by atoms with E-state index in [0.29, 0.717) is 11.1 Å². The van der Waals surface area contributed by atoms with Crippen LogP contribution in [0, 0.1) is 5.82 Å². The largest absolute Gasteiger partial charge is 0.397 e. The van der Waals surface area contributed by atoms with Crippen LogP contribution in [0.4, 0.5) is 15.8 Å². The molecule has 0 aliphatic carbocycles. The summed E-state index contributed by atoms with van der Waals surface area (Å²) in [6.45, 7) is 0. The highest BCUT2D eigenvalue weighted by atomic mass is 32.2. The van der Waals surface area contributed by atoms with Crippen LogP contribution in [0.2, 0.25) is 0 Å². The molecular formula is C14H15FN2O2S. The molecule has 2 N–H and O–H groups in total. The molecule has 0 saturated carbocycles. The lowest BCUT2D eigenvalue weighted by molar-refractivity contribution is 0.600. The summed E-state index contributed by atoms with van der Waals surface area (Å²) in [5.74, 6) is -0.518. The molecule has 2 aromatic rings. The van der Waals surface area contributed by atoms with Gasteiger partial charge in [-0.2, -0.15) is 0 Å². The van der Waals surface area contributed by atoms with E-state index in [-0.39, 0.29) is 11.4 Å². The van der Waals surface area contributed by atoms with Crippen LogP contribution in [0.5, 0.6) is 0 Å². The highest BCUT2D eigenvalue weighted by Crippen LogP contribution is 2.32. The van der Waals surface area contributed by atoms with Gasteiger partial charge in [0.05, 0.1) is 17.6 Å². The molecule has 20 heavy (non-hydrogen) atoms. The minimum Gasteiger partial charge on any atom is -0.397 e. The summed E-state index contributed by atoms with van der Waals surface area (Å²) in [6.07, 6.45) is 1.04. The summed E-state index contributed by atoms with van der Waals surface area (Å²) in [4.78, 5) is 0. The molecule has 0 radical (unpaired) electrons. The fraction of sp³-hybridized carbons (Fsp3) is 0.143. The first kappa shape index (κ1) is 14.3. The van der Waals surface area contributed by atoms with Crippen molar-refractivity contribution in [2.45, 2.75) is 0 Å². The molecule has 2 rings (SSSR count). The normalized spacial score (nSPS) is 11.3. The van der Waals surface area contributed by atoms with Crippen molar-refractivity contribution in [2.75, 3.05) is 23.3 Å². The fourth-order valence-electron chi connectivity index (χ4n) is 1.87. The maximum Gasteiger partial charge on any atom is 0.232 e. The van der Waals surface area contributed by atoms with E-state index in [4.69, 9.17) is 5.73 Å². The Morgan fingerprint density at radius 2 is 1.75 bits per heavy atom. The van der Waals surface area contributed by atoms with Gasteiger partial charge >= 0.3 is 0 Å². The van der Waals surface area contributed by atoms with Gasteiger partial charge in [0.2, 0.25) is 10.0 Å². The van der Waals surface area contributed by atoms with Crippen molar-refractivity contribution < 1.29 is 12.8 Å². The second-order valence-corrected chi connectivity index (χ2v) is 6.50. The molecule has 0 amide bonds. The molecule has 0 aliphatic heterocycles. The van der Waals surface area contributed by atoms with Crippen molar-refractivity contribution >= 4 is 21.4 Å². The molecular weight excluding hydrogens is 279 g/mol. The number of nitrogens with two attached hydrogens (primary N) is 1. The number of nitrogens with zero attached hydrogens (tertiary/aromatic N) is 1. The van der Waals surface area contributed by atoms with E-state index in [2.05, 4.69) is 0 Å². The summed E-state index contributed by atoms with van der Waals surface area (Å²) in [5.41, 5.74) is 7.22. The third kappa shape index (κ3) is 2.75. The van der Waals surface area contributed by atoms with Gasteiger partial charge in [-0.05, 0) is 11.6 Å². The van der Waals surface area contributed by atoms with Crippen molar-refractivity contribution in [3.63, 3.8) is 0 Å². The van der Waals surface area contributed by atoms with Crippen LogP contribution in [0.1, 0.15) is 0 Å². The average Bonchev–Trinajstić information content (AvgIpc) is 2.40. The van der Waals surface area contributed by atoms with E-state index in [9.17, 15) is 12.8 Å². The first-order valence-corrected chi connectivity index (χ1v) is 7.74. The number of sulfonamides is 1. The SMILES string of the molecule is CN(c1cc(F)c(-c2ccccc2)cc1N)S(C)(=O)=O. The molecule has 106 valence electrons. The minimum atomic E-state index is -3.49. The van der Waals surface area contributed by atoms with Crippen LogP contribution in [0.25, 0.3) is 11.1 Å². The van der Waals surface area contributed by atoms with Crippen LogP contribution in [-0.2, 0) is 10.0 Å². The fourth-order valence-corrected chi connectivity index (χ4v) is 2.39. The Morgan fingerprint density at radius 3 is 2.30 bits per heavy atom. The monoisotopic (exact) mass is 294 g/mol. The predicted molar refractivity (Wildman–Crippen MR) is 79.5 cm³/mol. The third-order valence-corrected chi connectivity index (χ3v) is 4.23. The Hall–Kier alpha value is -2.08. The van der Waals surface area contributed by atoms with Crippen molar-refractivity contribution in [3.05, 3.63) is 48.3 Å². The highest BCUT2D eigenvalue weighted by Gasteiger charge is 2.18. The maximum atomic E-state index is 14.2. The van der Waals surface area contributed by atoms with Gasteiger partial charge in [0.15, 0.2) is 0 Å². The Kier molecular flexibility index (Phi) is 3.67. The van der Waals surface area contributed by atoms with Gasteiger partial charge in [0, 0.05) is 18.7 Å².